The highest BCUT2D eigenvalue weighted by molar-refractivity contribution is 6.17. The third-order valence-corrected chi connectivity index (χ3v) is 4.66. The van der Waals surface area contributed by atoms with Gasteiger partial charge in [-0.15, -0.1) is 11.6 Å². The molecule has 104 valence electrons. The molecule has 0 aromatic heterocycles. The third kappa shape index (κ3) is 3.30. The van der Waals surface area contributed by atoms with Gasteiger partial charge in [-0.3, -0.25) is 4.79 Å². The average molecular weight is 280 g/mol. The maximum Gasteiger partial charge on any atom is 0.226 e. The number of nitrogens with one attached hydrogen (secondary N) is 1. The van der Waals surface area contributed by atoms with E-state index in [1.807, 2.05) is 24.3 Å². The summed E-state index contributed by atoms with van der Waals surface area (Å²) < 4.78 is 0. The molecule has 1 saturated carbocycles. The molecule has 1 N–H and O–H groups in total. The van der Waals surface area contributed by atoms with Gasteiger partial charge in [0.25, 0.3) is 0 Å². The Morgan fingerprint density at radius 1 is 1.21 bits per heavy atom. The molecule has 0 aliphatic heterocycles. The summed E-state index contributed by atoms with van der Waals surface area (Å²) in [5.41, 5.74) is 2.14. The number of rotatable bonds is 5. The first kappa shape index (κ1) is 14.4. The number of hydrogen-bond acceptors (Lipinski definition) is 1. The predicted octanol–water partition coefficient (Wildman–Crippen LogP) is 4.01. The van der Waals surface area contributed by atoms with E-state index in [4.69, 9.17) is 11.6 Å². The van der Waals surface area contributed by atoms with Crippen LogP contribution in [0.2, 0.25) is 0 Å². The summed E-state index contributed by atoms with van der Waals surface area (Å²) in [6.07, 6.45) is 5.41. The van der Waals surface area contributed by atoms with Crippen molar-refractivity contribution >= 4 is 17.5 Å². The van der Waals surface area contributed by atoms with E-state index in [1.54, 1.807) is 0 Å². The molecule has 2 rings (SSSR count). The molecule has 1 aliphatic rings. The second-order valence-electron chi connectivity index (χ2n) is 5.47. The largest absolute Gasteiger partial charge is 0.352 e. The van der Waals surface area contributed by atoms with E-state index < -0.39 is 0 Å². The van der Waals surface area contributed by atoms with Crippen LogP contribution in [0.5, 0.6) is 0 Å². The van der Waals surface area contributed by atoms with Crippen LogP contribution < -0.4 is 5.32 Å². The van der Waals surface area contributed by atoms with Gasteiger partial charge in [0.1, 0.15) is 0 Å². The molecule has 3 heteroatoms. The molecule has 0 radical (unpaired) electrons. The van der Waals surface area contributed by atoms with E-state index in [0.29, 0.717) is 12.4 Å². The molecule has 0 heterocycles. The fourth-order valence-electron chi connectivity index (χ4n) is 2.91. The first-order valence-corrected chi connectivity index (χ1v) is 7.66. The topological polar surface area (TPSA) is 29.1 Å². The van der Waals surface area contributed by atoms with Crippen LogP contribution in [0.1, 0.15) is 50.2 Å². The van der Waals surface area contributed by atoms with Crippen molar-refractivity contribution in [3.63, 3.8) is 0 Å². The molecule has 0 unspecified atom stereocenters. The Bertz CT molecular complexity index is 421. The van der Waals surface area contributed by atoms with Crippen LogP contribution in [0.3, 0.4) is 0 Å². The molecule has 2 nitrogen and oxygen atoms in total. The van der Waals surface area contributed by atoms with Gasteiger partial charge in [-0.2, -0.15) is 0 Å². The maximum absolute atomic E-state index is 12.4. The molecule has 0 bridgehead atoms. The van der Waals surface area contributed by atoms with E-state index in [-0.39, 0.29) is 11.3 Å². The summed E-state index contributed by atoms with van der Waals surface area (Å²) in [7, 11) is 0. The van der Waals surface area contributed by atoms with Crippen molar-refractivity contribution in [2.45, 2.75) is 51.5 Å². The number of amides is 1. The van der Waals surface area contributed by atoms with Crippen molar-refractivity contribution in [3.05, 3.63) is 35.4 Å². The van der Waals surface area contributed by atoms with Gasteiger partial charge in [-0.1, -0.05) is 44.0 Å². The number of alkyl halides is 1. The van der Waals surface area contributed by atoms with Gasteiger partial charge < -0.3 is 5.32 Å². The zero-order valence-electron chi connectivity index (χ0n) is 11.5. The van der Waals surface area contributed by atoms with Gasteiger partial charge in [0, 0.05) is 17.8 Å². The second-order valence-corrected chi connectivity index (χ2v) is 5.74. The van der Waals surface area contributed by atoms with Crippen LogP contribution in [-0.2, 0) is 17.2 Å². The van der Waals surface area contributed by atoms with Gasteiger partial charge >= 0.3 is 0 Å². The number of hydrogen-bond donors (Lipinski definition) is 1. The Hall–Kier alpha value is -1.02. The highest BCUT2D eigenvalue weighted by Gasteiger charge is 2.38. The molecule has 1 aromatic carbocycles. The minimum absolute atomic E-state index is 0.101. The number of benzene rings is 1. The van der Waals surface area contributed by atoms with Gasteiger partial charge in [-0.25, -0.2) is 0 Å². The van der Waals surface area contributed by atoms with Gasteiger partial charge in [-0.05, 0) is 30.4 Å². The lowest BCUT2D eigenvalue weighted by atomic mass is 9.82. The van der Waals surface area contributed by atoms with Crippen molar-refractivity contribution in [2.24, 2.45) is 5.41 Å². The van der Waals surface area contributed by atoms with Gasteiger partial charge in [0.15, 0.2) is 0 Å². The minimum atomic E-state index is -0.101. The lowest BCUT2D eigenvalue weighted by Crippen LogP contribution is -2.38. The highest BCUT2D eigenvalue weighted by atomic mass is 35.5. The lowest BCUT2D eigenvalue weighted by Gasteiger charge is -2.26. The van der Waals surface area contributed by atoms with Crippen LogP contribution >= 0.6 is 11.6 Å². The number of halogens is 1. The van der Waals surface area contributed by atoms with Crippen LogP contribution in [-0.4, -0.2) is 5.91 Å². The molecule has 0 saturated heterocycles. The summed E-state index contributed by atoms with van der Waals surface area (Å²) in [6, 6.07) is 8.09. The number of carbonyl (C=O) groups is 1. The Kier molecular flexibility index (Phi) is 4.87. The second kappa shape index (κ2) is 6.42. The van der Waals surface area contributed by atoms with Crippen LogP contribution in [0.25, 0.3) is 0 Å². The van der Waals surface area contributed by atoms with Gasteiger partial charge in [0.2, 0.25) is 5.91 Å². The Labute approximate surface area is 120 Å². The predicted molar refractivity (Wildman–Crippen MR) is 79.0 cm³/mol. The summed E-state index contributed by atoms with van der Waals surface area (Å²) >= 11 is 5.76. The molecule has 0 atom stereocenters. The normalized spacial score (nSPS) is 17.4. The molecule has 0 spiro atoms. The summed E-state index contributed by atoms with van der Waals surface area (Å²) in [5.74, 6) is 0.764. The van der Waals surface area contributed by atoms with Crippen molar-refractivity contribution in [1.29, 1.82) is 0 Å². The zero-order chi connectivity index (χ0) is 13.7. The Balaban J connectivity index is 1.92. The first-order chi connectivity index (χ1) is 9.20. The molecule has 1 aromatic rings. The van der Waals surface area contributed by atoms with Crippen molar-refractivity contribution in [3.8, 4) is 0 Å². The quantitative estimate of drug-likeness (QED) is 0.811. The Morgan fingerprint density at radius 2 is 1.79 bits per heavy atom. The highest BCUT2D eigenvalue weighted by Crippen LogP contribution is 2.41. The minimum Gasteiger partial charge on any atom is -0.352 e. The van der Waals surface area contributed by atoms with Crippen LogP contribution in [0, 0.1) is 5.41 Å². The van der Waals surface area contributed by atoms with Crippen molar-refractivity contribution in [1.82, 2.24) is 5.32 Å². The monoisotopic (exact) mass is 279 g/mol. The van der Waals surface area contributed by atoms with E-state index >= 15 is 0 Å². The first-order valence-electron chi connectivity index (χ1n) is 7.12. The van der Waals surface area contributed by atoms with Crippen LogP contribution in [0.15, 0.2) is 24.3 Å². The molecule has 19 heavy (non-hydrogen) atoms. The summed E-state index contributed by atoms with van der Waals surface area (Å²) in [6.45, 7) is 2.74. The number of carbonyl (C=O) groups excluding carboxylic acids is 1. The standard InChI is InChI=1S/C16H22ClNO/c1-2-16(9-3-4-10-16)15(19)18-12-14-7-5-13(11-17)6-8-14/h5-8H,2-4,9-12H2,1H3,(H,18,19). The molecular formula is C16H22ClNO. The SMILES string of the molecule is CCC1(C(=O)NCc2ccc(CCl)cc2)CCCC1. The molecule has 1 aliphatic carbocycles. The van der Waals surface area contributed by atoms with Crippen molar-refractivity contribution < 1.29 is 4.79 Å². The van der Waals surface area contributed by atoms with E-state index in [9.17, 15) is 4.79 Å². The smallest absolute Gasteiger partial charge is 0.226 e. The third-order valence-electron chi connectivity index (χ3n) is 4.35. The lowest BCUT2D eigenvalue weighted by molar-refractivity contribution is -0.131. The summed E-state index contributed by atoms with van der Waals surface area (Å²) in [4.78, 5) is 12.4. The van der Waals surface area contributed by atoms with Gasteiger partial charge in [0.05, 0.1) is 0 Å². The zero-order valence-corrected chi connectivity index (χ0v) is 12.3. The fourth-order valence-corrected chi connectivity index (χ4v) is 3.09. The van der Waals surface area contributed by atoms with Crippen LogP contribution in [0.4, 0.5) is 0 Å². The fraction of sp³-hybridized carbons (Fsp3) is 0.562. The summed E-state index contributed by atoms with van der Waals surface area (Å²) in [5, 5.41) is 3.10. The Morgan fingerprint density at radius 3 is 2.32 bits per heavy atom. The van der Waals surface area contributed by atoms with Crippen molar-refractivity contribution in [2.75, 3.05) is 0 Å². The molecule has 1 fully saturated rings. The maximum atomic E-state index is 12.4. The average Bonchev–Trinajstić information content (AvgIpc) is 2.95. The van der Waals surface area contributed by atoms with E-state index in [1.165, 1.54) is 12.8 Å². The van der Waals surface area contributed by atoms with E-state index in [2.05, 4.69) is 12.2 Å². The van der Waals surface area contributed by atoms with E-state index in [0.717, 1.165) is 30.4 Å². The molecule has 1 amide bonds. The molecular weight excluding hydrogens is 258 g/mol.